The van der Waals surface area contributed by atoms with Gasteiger partial charge < -0.3 is 0 Å². The van der Waals surface area contributed by atoms with Crippen LogP contribution in [-0.2, 0) is 6.42 Å². The predicted molar refractivity (Wildman–Crippen MR) is 148 cm³/mol. The van der Waals surface area contributed by atoms with Gasteiger partial charge in [0, 0.05) is 30.7 Å². The Balaban J connectivity index is 1.21. The van der Waals surface area contributed by atoms with Gasteiger partial charge in [0.05, 0.1) is 28.0 Å². The van der Waals surface area contributed by atoms with Crippen molar-refractivity contribution in [3.8, 4) is 6.07 Å². The molecule has 1 unspecified atom stereocenters. The molecule has 0 amide bonds. The van der Waals surface area contributed by atoms with Crippen molar-refractivity contribution >= 4 is 62.1 Å². The van der Waals surface area contributed by atoms with Crippen molar-refractivity contribution in [1.29, 1.82) is 5.26 Å². The fraction of sp³-hybridized carbons (Fsp3) is 0.100. The van der Waals surface area contributed by atoms with Crippen LogP contribution in [-0.4, -0.2) is 15.2 Å². The third-order valence-electron chi connectivity index (χ3n) is 6.16. The molecule has 5 heteroatoms. The third-order valence-corrected chi connectivity index (χ3v) is 8.62. The highest BCUT2D eigenvalue weighted by Crippen LogP contribution is 2.44. The van der Waals surface area contributed by atoms with Crippen molar-refractivity contribution in [3.63, 3.8) is 0 Å². The van der Waals surface area contributed by atoms with Crippen LogP contribution in [0.3, 0.4) is 0 Å². The summed E-state index contributed by atoms with van der Waals surface area (Å²) in [7, 11) is 0. The minimum absolute atomic E-state index is 0.250. The second-order valence-corrected chi connectivity index (χ2v) is 11.0. The minimum atomic E-state index is 0.250. The minimum Gasteiger partial charge on any atom is -0.248 e. The Bertz CT molecular complexity index is 1660. The van der Waals surface area contributed by atoms with E-state index < -0.39 is 0 Å². The third kappa shape index (κ3) is 4.39. The Morgan fingerprint density at radius 1 is 0.914 bits per heavy atom. The Morgan fingerprint density at radius 3 is 2.26 bits per heavy atom. The lowest BCUT2D eigenvalue weighted by atomic mass is 10.1. The van der Waals surface area contributed by atoms with Crippen LogP contribution in [0.15, 0.2) is 89.8 Å². The van der Waals surface area contributed by atoms with Gasteiger partial charge in [0.25, 0.3) is 0 Å². The van der Waals surface area contributed by atoms with Gasteiger partial charge in [0.1, 0.15) is 6.07 Å². The second kappa shape index (κ2) is 9.14. The maximum Gasteiger partial charge on any atom is 0.101 e. The number of nitriles is 1. The molecule has 3 aromatic heterocycles. The SMILES string of the molecule is C/C(=C\c1cc2c(s1)CC(/C=C(\C#N)c1ccc3ccccc3n1)S2)c1ccc2ccccc2n1. The maximum absolute atomic E-state index is 9.82. The fourth-order valence-electron chi connectivity index (χ4n) is 4.38. The van der Waals surface area contributed by atoms with Crippen LogP contribution in [0.1, 0.15) is 28.1 Å². The van der Waals surface area contributed by atoms with E-state index in [1.807, 2.05) is 71.6 Å². The first-order chi connectivity index (χ1) is 17.2. The van der Waals surface area contributed by atoms with Crippen LogP contribution < -0.4 is 0 Å². The molecule has 4 heterocycles. The number of hydrogen-bond acceptors (Lipinski definition) is 5. The highest BCUT2D eigenvalue weighted by atomic mass is 32.2. The number of para-hydroxylation sites is 2. The normalized spacial score (nSPS) is 15.9. The zero-order valence-electron chi connectivity index (χ0n) is 19.1. The van der Waals surface area contributed by atoms with Gasteiger partial charge >= 0.3 is 0 Å². The van der Waals surface area contributed by atoms with Gasteiger partial charge in [-0.05, 0) is 55.3 Å². The molecule has 0 saturated carbocycles. The molecule has 0 radical (unpaired) electrons. The molecule has 0 fully saturated rings. The molecule has 0 aliphatic carbocycles. The zero-order valence-corrected chi connectivity index (χ0v) is 20.7. The topological polar surface area (TPSA) is 49.6 Å². The van der Waals surface area contributed by atoms with Gasteiger partial charge in [-0.2, -0.15) is 5.26 Å². The molecule has 1 aliphatic rings. The summed E-state index contributed by atoms with van der Waals surface area (Å²) in [6.07, 6.45) is 5.24. The Hall–Kier alpha value is -3.72. The van der Waals surface area contributed by atoms with Gasteiger partial charge in [-0.25, -0.2) is 9.97 Å². The van der Waals surface area contributed by atoms with E-state index in [-0.39, 0.29) is 5.25 Å². The van der Waals surface area contributed by atoms with E-state index in [4.69, 9.17) is 9.97 Å². The predicted octanol–water partition coefficient (Wildman–Crippen LogP) is 8.03. The van der Waals surface area contributed by atoms with E-state index in [1.165, 1.54) is 14.6 Å². The first-order valence-corrected chi connectivity index (χ1v) is 13.2. The zero-order chi connectivity index (χ0) is 23.8. The van der Waals surface area contributed by atoms with E-state index in [2.05, 4.69) is 55.5 Å². The average Bonchev–Trinajstić information content (AvgIpc) is 3.44. The molecule has 0 saturated heterocycles. The van der Waals surface area contributed by atoms with Crippen molar-refractivity contribution in [1.82, 2.24) is 9.97 Å². The molecule has 3 nitrogen and oxygen atoms in total. The molecule has 6 rings (SSSR count). The Kier molecular flexibility index (Phi) is 5.69. The lowest BCUT2D eigenvalue weighted by molar-refractivity contribution is 1.07. The highest BCUT2D eigenvalue weighted by molar-refractivity contribution is 8.00. The van der Waals surface area contributed by atoms with Crippen LogP contribution >= 0.6 is 23.1 Å². The largest absolute Gasteiger partial charge is 0.248 e. The maximum atomic E-state index is 9.82. The second-order valence-electron chi connectivity index (χ2n) is 8.59. The number of allylic oxidation sites excluding steroid dienone is 2. The van der Waals surface area contributed by atoms with E-state index in [1.54, 1.807) is 0 Å². The van der Waals surface area contributed by atoms with Crippen molar-refractivity contribution in [2.75, 3.05) is 0 Å². The van der Waals surface area contributed by atoms with Crippen LogP contribution in [0.25, 0.3) is 39.0 Å². The van der Waals surface area contributed by atoms with Crippen LogP contribution in [0.4, 0.5) is 0 Å². The van der Waals surface area contributed by atoms with Crippen LogP contribution in [0.2, 0.25) is 0 Å². The summed E-state index contributed by atoms with van der Waals surface area (Å²) in [4.78, 5) is 13.5. The molecule has 0 spiro atoms. The van der Waals surface area contributed by atoms with Gasteiger partial charge in [-0.3, -0.25) is 0 Å². The number of aromatic nitrogens is 2. The first kappa shape index (κ1) is 21.8. The number of nitrogens with zero attached hydrogens (tertiary/aromatic N) is 3. The summed E-state index contributed by atoms with van der Waals surface area (Å²) >= 11 is 3.67. The quantitative estimate of drug-likeness (QED) is 0.241. The first-order valence-electron chi connectivity index (χ1n) is 11.5. The molecule has 0 bridgehead atoms. The molecule has 168 valence electrons. The van der Waals surface area contributed by atoms with E-state index >= 15 is 0 Å². The summed E-state index contributed by atoms with van der Waals surface area (Å²) in [5, 5.41) is 12.3. The number of thioether (sulfide) groups is 1. The standard InChI is InChI=1S/C30H21N3S2/c1-19(25-12-10-20-6-2-4-8-26(20)32-25)14-23-16-29-30(34-23)17-24(35-29)15-22(18-31)28-13-11-21-7-3-5-9-27(21)33-28/h2-16,24H,17H2,1H3/b19-14+,22-15+. The molecule has 35 heavy (non-hydrogen) atoms. The van der Waals surface area contributed by atoms with E-state index in [0.717, 1.165) is 45.2 Å². The number of hydrogen-bond donors (Lipinski definition) is 0. The van der Waals surface area contributed by atoms with Crippen LogP contribution in [0, 0.1) is 11.3 Å². The summed E-state index contributed by atoms with van der Waals surface area (Å²) in [6, 6.07) is 29.0. The van der Waals surface area contributed by atoms with Crippen molar-refractivity contribution < 1.29 is 0 Å². The molecule has 1 atom stereocenters. The number of benzene rings is 2. The van der Waals surface area contributed by atoms with Crippen molar-refractivity contribution in [3.05, 3.63) is 106 Å². The fourth-order valence-corrected chi connectivity index (χ4v) is 7.14. The van der Waals surface area contributed by atoms with Gasteiger partial charge in [0.2, 0.25) is 0 Å². The molecule has 2 aromatic carbocycles. The van der Waals surface area contributed by atoms with Gasteiger partial charge in [-0.1, -0.05) is 54.6 Å². The molecular formula is C30H21N3S2. The number of pyridine rings is 2. The molecule has 1 aliphatic heterocycles. The smallest absolute Gasteiger partial charge is 0.101 e. The number of thiophene rings is 1. The number of fused-ring (bicyclic) bond motifs is 3. The average molecular weight is 488 g/mol. The summed E-state index contributed by atoms with van der Waals surface area (Å²) in [5.41, 5.74) is 5.48. The lowest BCUT2D eigenvalue weighted by Gasteiger charge is -2.06. The van der Waals surface area contributed by atoms with Crippen molar-refractivity contribution in [2.45, 2.75) is 23.5 Å². The molecular weight excluding hydrogens is 466 g/mol. The number of rotatable bonds is 4. The van der Waals surface area contributed by atoms with E-state index in [9.17, 15) is 5.26 Å². The Morgan fingerprint density at radius 2 is 1.57 bits per heavy atom. The summed E-state index contributed by atoms with van der Waals surface area (Å²) in [6.45, 7) is 2.12. The Labute approximate surface area is 212 Å². The molecule has 0 N–H and O–H groups in total. The van der Waals surface area contributed by atoms with Crippen molar-refractivity contribution in [2.24, 2.45) is 0 Å². The van der Waals surface area contributed by atoms with Crippen LogP contribution in [0.5, 0.6) is 0 Å². The monoisotopic (exact) mass is 487 g/mol. The molecule has 5 aromatic rings. The van der Waals surface area contributed by atoms with Gasteiger partial charge in [-0.15, -0.1) is 23.1 Å². The van der Waals surface area contributed by atoms with E-state index in [0.29, 0.717) is 5.57 Å². The summed E-state index contributed by atoms with van der Waals surface area (Å²) < 4.78 is 0. The highest BCUT2D eigenvalue weighted by Gasteiger charge is 2.24. The van der Waals surface area contributed by atoms with Gasteiger partial charge in [0.15, 0.2) is 0 Å². The lowest BCUT2D eigenvalue weighted by Crippen LogP contribution is -1.98. The summed E-state index contributed by atoms with van der Waals surface area (Å²) in [5.74, 6) is 0.